The molecule has 0 saturated carbocycles. The molecule has 2 aromatic rings. The topological polar surface area (TPSA) is 51.8 Å². The molecule has 3 nitrogen and oxygen atoms in total. The minimum absolute atomic E-state index is 0.647. The summed E-state index contributed by atoms with van der Waals surface area (Å²) in [6.07, 6.45) is 3.76. The second kappa shape index (κ2) is 7.32. The Labute approximate surface area is 127 Å². The average molecular weight is 283 g/mol. The largest absolute Gasteiger partial charge is 0.330 e. The lowest BCUT2D eigenvalue weighted by Crippen LogP contribution is -2.12. The fourth-order valence-electron chi connectivity index (χ4n) is 2.62. The van der Waals surface area contributed by atoms with Crippen molar-refractivity contribution < 1.29 is 0 Å². The van der Waals surface area contributed by atoms with Crippen LogP contribution in [0.1, 0.15) is 43.3 Å². The van der Waals surface area contributed by atoms with Gasteiger partial charge in [0, 0.05) is 17.0 Å². The summed E-state index contributed by atoms with van der Waals surface area (Å²) in [6.45, 7) is 7.10. The van der Waals surface area contributed by atoms with Gasteiger partial charge in [0.05, 0.1) is 0 Å². The van der Waals surface area contributed by atoms with E-state index >= 15 is 0 Å². The number of hydrogen-bond acceptors (Lipinski definition) is 3. The molecule has 0 amide bonds. The van der Waals surface area contributed by atoms with Gasteiger partial charge in [-0.1, -0.05) is 45.0 Å². The zero-order valence-electron chi connectivity index (χ0n) is 13.3. The average Bonchev–Trinajstić information content (AvgIpc) is 2.55. The molecule has 2 N–H and O–H groups in total. The van der Waals surface area contributed by atoms with E-state index in [9.17, 15) is 0 Å². The lowest BCUT2D eigenvalue weighted by atomic mass is 10.0. The minimum atomic E-state index is 0.647. The van der Waals surface area contributed by atoms with Gasteiger partial charge in [0.25, 0.3) is 0 Å². The molecule has 0 aliphatic heterocycles. The van der Waals surface area contributed by atoms with E-state index in [1.54, 1.807) is 0 Å². The molecule has 1 heterocycles. The number of aryl methyl sites for hydroxylation is 3. The van der Waals surface area contributed by atoms with Crippen molar-refractivity contribution in [1.29, 1.82) is 0 Å². The fourth-order valence-corrected chi connectivity index (χ4v) is 2.62. The van der Waals surface area contributed by atoms with Crippen molar-refractivity contribution in [2.24, 2.45) is 5.73 Å². The highest BCUT2D eigenvalue weighted by atomic mass is 14.9. The van der Waals surface area contributed by atoms with E-state index < -0.39 is 0 Å². The Morgan fingerprint density at radius 1 is 0.857 bits per heavy atom. The fraction of sp³-hybridized carbons (Fsp3) is 0.444. The molecule has 2 rings (SSSR count). The van der Waals surface area contributed by atoms with E-state index in [1.165, 1.54) is 11.1 Å². The third kappa shape index (κ3) is 3.48. The normalized spacial score (nSPS) is 10.9. The van der Waals surface area contributed by atoms with Crippen molar-refractivity contribution >= 4 is 0 Å². The molecule has 1 aromatic heterocycles. The highest BCUT2D eigenvalue weighted by Crippen LogP contribution is 2.21. The van der Waals surface area contributed by atoms with E-state index in [0.29, 0.717) is 6.54 Å². The van der Waals surface area contributed by atoms with Crippen LogP contribution >= 0.6 is 0 Å². The maximum Gasteiger partial charge on any atom is 0.159 e. The number of rotatable bonds is 6. The van der Waals surface area contributed by atoms with Gasteiger partial charge >= 0.3 is 0 Å². The molecule has 0 aliphatic rings. The summed E-state index contributed by atoms with van der Waals surface area (Å²) in [7, 11) is 0. The number of hydrogen-bond donors (Lipinski definition) is 1. The van der Waals surface area contributed by atoms with Gasteiger partial charge in [-0.2, -0.15) is 0 Å². The molecule has 0 saturated heterocycles. The summed E-state index contributed by atoms with van der Waals surface area (Å²) in [5.74, 6) is 0.840. The summed E-state index contributed by atoms with van der Waals surface area (Å²) >= 11 is 0. The van der Waals surface area contributed by atoms with Crippen LogP contribution in [0.4, 0.5) is 0 Å². The van der Waals surface area contributed by atoms with Gasteiger partial charge in [-0.05, 0) is 43.4 Å². The zero-order valence-corrected chi connectivity index (χ0v) is 13.3. The van der Waals surface area contributed by atoms with E-state index in [1.807, 2.05) is 0 Å². The first kappa shape index (κ1) is 15.6. The summed E-state index contributed by atoms with van der Waals surface area (Å²) in [5, 5.41) is 0. The molecule has 0 atom stereocenters. The van der Waals surface area contributed by atoms with Crippen LogP contribution in [-0.4, -0.2) is 16.5 Å². The lowest BCUT2D eigenvalue weighted by molar-refractivity contribution is 0.844. The quantitative estimate of drug-likeness (QED) is 0.884. The maximum absolute atomic E-state index is 5.73. The minimum Gasteiger partial charge on any atom is -0.330 e. The zero-order chi connectivity index (χ0) is 15.2. The smallest absolute Gasteiger partial charge is 0.159 e. The van der Waals surface area contributed by atoms with Crippen LogP contribution in [0.5, 0.6) is 0 Å². The molecule has 0 fully saturated rings. The van der Waals surface area contributed by atoms with Gasteiger partial charge in [0.15, 0.2) is 5.82 Å². The van der Waals surface area contributed by atoms with Crippen LogP contribution in [0, 0.1) is 0 Å². The lowest BCUT2D eigenvalue weighted by Gasteiger charge is -2.13. The first-order chi connectivity index (χ1) is 10.2. The van der Waals surface area contributed by atoms with Crippen molar-refractivity contribution in [3.8, 4) is 11.4 Å². The molecule has 0 radical (unpaired) electrons. The van der Waals surface area contributed by atoms with Gasteiger partial charge in [0.1, 0.15) is 0 Å². The Kier molecular flexibility index (Phi) is 5.45. The second-order valence-electron chi connectivity index (χ2n) is 5.22. The predicted molar refractivity (Wildman–Crippen MR) is 88.4 cm³/mol. The second-order valence-corrected chi connectivity index (χ2v) is 5.22. The molecule has 112 valence electrons. The van der Waals surface area contributed by atoms with Crippen molar-refractivity contribution in [2.75, 3.05) is 6.54 Å². The molecule has 21 heavy (non-hydrogen) atoms. The first-order valence-electron chi connectivity index (χ1n) is 7.91. The monoisotopic (exact) mass is 283 g/mol. The summed E-state index contributed by atoms with van der Waals surface area (Å²) < 4.78 is 0. The number of aromatic nitrogens is 2. The maximum atomic E-state index is 5.73. The molecule has 0 unspecified atom stereocenters. The van der Waals surface area contributed by atoms with Gasteiger partial charge in [-0.15, -0.1) is 0 Å². The van der Waals surface area contributed by atoms with Crippen LogP contribution in [-0.2, 0) is 25.7 Å². The number of benzene rings is 1. The van der Waals surface area contributed by atoms with Crippen LogP contribution in [0.2, 0.25) is 0 Å². The standard InChI is InChI=1S/C18H25N3/c1-4-13-7-9-14(10-8-13)18-20-16(5-2)15(11-12-19)17(6-3)21-18/h7-10H,4-6,11-12,19H2,1-3H3. The number of nitrogens with zero attached hydrogens (tertiary/aromatic N) is 2. The highest BCUT2D eigenvalue weighted by Gasteiger charge is 2.12. The Morgan fingerprint density at radius 2 is 1.43 bits per heavy atom. The molecular weight excluding hydrogens is 258 g/mol. The van der Waals surface area contributed by atoms with Crippen LogP contribution in [0.3, 0.4) is 0 Å². The van der Waals surface area contributed by atoms with Crippen molar-refractivity contribution in [3.05, 3.63) is 46.8 Å². The van der Waals surface area contributed by atoms with E-state index in [0.717, 1.165) is 48.5 Å². The van der Waals surface area contributed by atoms with Crippen molar-refractivity contribution in [1.82, 2.24) is 9.97 Å². The predicted octanol–water partition coefficient (Wildman–Crippen LogP) is 3.33. The molecule has 0 spiro atoms. The Hall–Kier alpha value is -1.74. The molecule has 1 aromatic carbocycles. The SMILES string of the molecule is CCc1ccc(-c2nc(CC)c(CCN)c(CC)n2)cc1. The third-order valence-electron chi connectivity index (χ3n) is 3.86. The first-order valence-corrected chi connectivity index (χ1v) is 7.91. The van der Waals surface area contributed by atoms with Crippen molar-refractivity contribution in [3.63, 3.8) is 0 Å². The molecule has 0 bridgehead atoms. The van der Waals surface area contributed by atoms with Gasteiger partial charge in [-0.25, -0.2) is 9.97 Å². The van der Waals surface area contributed by atoms with E-state index in [-0.39, 0.29) is 0 Å². The Morgan fingerprint density at radius 3 is 1.86 bits per heavy atom. The molecular formula is C18H25N3. The third-order valence-corrected chi connectivity index (χ3v) is 3.86. The van der Waals surface area contributed by atoms with Gasteiger partial charge in [0.2, 0.25) is 0 Å². The molecule has 3 heteroatoms. The Balaban J connectivity index is 2.48. The summed E-state index contributed by atoms with van der Waals surface area (Å²) in [5.41, 5.74) is 11.7. The highest BCUT2D eigenvalue weighted by molar-refractivity contribution is 5.56. The summed E-state index contributed by atoms with van der Waals surface area (Å²) in [6, 6.07) is 8.55. The van der Waals surface area contributed by atoms with Crippen LogP contribution in [0.15, 0.2) is 24.3 Å². The number of nitrogens with two attached hydrogens (primary N) is 1. The Bertz CT molecular complexity index is 563. The summed E-state index contributed by atoms with van der Waals surface area (Å²) in [4.78, 5) is 9.55. The van der Waals surface area contributed by atoms with Gasteiger partial charge < -0.3 is 5.73 Å². The van der Waals surface area contributed by atoms with Crippen LogP contribution in [0.25, 0.3) is 11.4 Å². The van der Waals surface area contributed by atoms with E-state index in [2.05, 4.69) is 45.0 Å². The molecule has 0 aliphatic carbocycles. The van der Waals surface area contributed by atoms with Crippen molar-refractivity contribution in [2.45, 2.75) is 46.5 Å². The van der Waals surface area contributed by atoms with Gasteiger partial charge in [-0.3, -0.25) is 0 Å². The van der Waals surface area contributed by atoms with E-state index in [4.69, 9.17) is 15.7 Å². The van der Waals surface area contributed by atoms with Crippen LogP contribution < -0.4 is 5.73 Å².